The van der Waals surface area contributed by atoms with E-state index in [2.05, 4.69) is 34.8 Å². The molecule has 0 aliphatic heterocycles. The summed E-state index contributed by atoms with van der Waals surface area (Å²) in [6.45, 7) is 8.03. The number of nitrogens with one attached hydrogen (secondary N) is 3. The third-order valence-corrected chi connectivity index (χ3v) is 3.41. The molecule has 5 heteroatoms. The maximum atomic E-state index is 11.6. The summed E-state index contributed by atoms with van der Waals surface area (Å²) in [5.74, 6) is 1.55. The van der Waals surface area contributed by atoms with Gasteiger partial charge in [0.1, 0.15) is 0 Å². The number of benzene rings is 1. The zero-order valence-corrected chi connectivity index (χ0v) is 14.8. The lowest BCUT2D eigenvalue weighted by Crippen LogP contribution is -2.37. The van der Waals surface area contributed by atoms with E-state index in [9.17, 15) is 4.79 Å². The van der Waals surface area contributed by atoms with Gasteiger partial charge in [0.05, 0.1) is 0 Å². The molecule has 0 aliphatic carbocycles. The quantitative estimate of drug-likeness (QED) is 0.509. The molecule has 3 N–H and O–H groups in total. The predicted molar refractivity (Wildman–Crippen MR) is 97.6 cm³/mol. The Kier molecular flexibility index (Phi) is 8.80. The number of hydrogen-bond donors (Lipinski definition) is 3. The van der Waals surface area contributed by atoms with E-state index in [1.165, 1.54) is 0 Å². The SMILES string of the molecule is CCCC(=O)Nc1ccc(CNC(=NC)NCCC(C)C)cc1. The highest BCUT2D eigenvalue weighted by Gasteiger charge is 2.02. The van der Waals surface area contributed by atoms with Crippen molar-refractivity contribution in [1.82, 2.24) is 10.6 Å². The van der Waals surface area contributed by atoms with Gasteiger partial charge in [0, 0.05) is 32.2 Å². The molecule has 1 rings (SSSR count). The third-order valence-electron chi connectivity index (χ3n) is 3.41. The van der Waals surface area contributed by atoms with Gasteiger partial charge < -0.3 is 16.0 Å². The van der Waals surface area contributed by atoms with E-state index in [0.29, 0.717) is 18.9 Å². The maximum Gasteiger partial charge on any atom is 0.224 e. The van der Waals surface area contributed by atoms with Gasteiger partial charge in [0.25, 0.3) is 0 Å². The molecular formula is C18H30N4O. The van der Waals surface area contributed by atoms with Gasteiger partial charge >= 0.3 is 0 Å². The van der Waals surface area contributed by atoms with Crippen LogP contribution in [0.25, 0.3) is 0 Å². The highest BCUT2D eigenvalue weighted by Crippen LogP contribution is 2.10. The van der Waals surface area contributed by atoms with Gasteiger partial charge in [0.2, 0.25) is 5.91 Å². The Hall–Kier alpha value is -2.04. The normalized spacial score (nSPS) is 11.4. The number of nitrogens with zero attached hydrogens (tertiary/aromatic N) is 1. The number of anilines is 1. The Morgan fingerprint density at radius 3 is 2.43 bits per heavy atom. The second-order valence-corrected chi connectivity index (χ2v) is 6.03. The molecule has 0 unspecified atom stereocenters. The van der Waals surface area contributed by atoms with Crippen LogP contribution in [-0.2, 0) is 11.3 Å². The zero-order chi connectivity index (χ0) is 17.1. The molecule has 5 nitrogen and oxygen atoms in total. The highest BCUT2D eigenvalue weighted by molar-refractivity contribution is 5.90. The van der Waals surface area contributed by atoms with Crippen LogP contribution in [-0.4, -0.2) is 25.5 Å². The number of amides is 1. The number of hydrogen-bond acceptors (Lipinski definition) is 2. The second kappa shape index (κ2) is 10.6. The molecule has 0 heterocycles. The van der Waals surface area contributed by atoms with Crippen LogP contribution in [0.2, 0.25) is 0 Å². The van der Waals surface area contributed by atoms with Crippen LogP contribution in [0.15, 0.2) is 29.3 Å². The van der Waals surface area contributed by atoms with Gasteiger partial charge in [-0.25, -0.2) is 0 Å². The molecule has 0 atom stereocenters. The standard InChI is InChI=1S/C18H30N4O/c1-5-6-17(23)22-16-9-7-15(8-10-16)13-21-18(19-4)20-12-11-14(2)3/h7-10,14H,5-6,11-13H2,1-4H3,(H,22,23)(H2,19,20,21). The molecule has 0 spiro atoms. The van der Waals surface area contributed by atoms with E-state index in [-0.39, 0.29) is 5.91 Å². The molecule has 23 heavy (non-hydrogen) atoms. The van der Waals surface area contributed by atoms with Gasteiger partial charge in [-0.15, -0.1) is 0 Å². The highest BCUT2D eigenvalue weighted by atomic mass is 16.1. The largest absolute Gasteiger partial charge is 0.356 e. The third kappa shape index (κ3) is 8.24. The molecule has 128 valence electrons. The van der Waals surface area contributed by atoms with Crippen LogP contribution in [0, 0.1) is 5.92 Å². The Bertz CT molecular complexity index is 494. The molecule has 1 aromatic rings. The minimum Gasteiger partial charge on any atom is -0.356 e. The van der Waals surface area contributed by atoms with Crippen LogP contribution >= 0.6 is 0 Å². The smallest absolute Gasteiger partial charge is 0.224 e. The monoisotopic (exact) mass is 318 g/mol. The summed E-state index contributed by atoms with van der Waals surface area (Å²) in [5, 5.41) is 9.49. The number of carbonyl (C=O) groups is 1. The number of guanidine groups is 1. The van der Waals surface area contributed by atoms with Crippen LogP contribution in [0.3, 0.4) is 0 Å². The Labute approximate surface area is 140 Å². The molecule has 0 radical (unpaired) electrons. The van der Waals surface area contributed by atoms with Crippen LogP contribution in [0.5, 0.6) is 0 Å². The average molecular weight is 318 g/mol. The van der Waals surface area contributed by atoms with E-state index >= 15 is 0 Å². The molecule has 0 saturated heterocycles. The van der Waals surface area contributed by atoms with Crippen molar-refractivity contribution < 1.29 is 4.79 Å². The first-order valence-electron chi connectivity index (χ1n) is 8.38. The lowest BCUT2D eigenvalue weighted by molar-refractivity contribution is -0.116. The summed E-state index contributed by atoms with van der Waals surface area (Å²) < 4.78 is 0. The van der Waals surface area contributed by atoms with E-state index < -0.39 is 0 Å². The summed E-state index contributed by atoms with van der Waals surface area (Å²) in [6.07, 6.45) is 2.53. The molecular weight excluding hydrogens is 288 g/mol. The molecule has 0 fully saturated rings. The fourth-order valence-electron chi connectivity index (χ4n) is 2.04. The number of carbonyl (C=O) groups excluding carboxylic acids is 1. The Morgan fingerprint density at radius 2 is 1.87 bits per heavy atom. The fourth-order valence-corrected chi connectivity index (χ4v) is 2.04. The van der Waals surface area contributed by atoms with Gasteiger partial charge in [-0.2, -0.15) is 0 Å². The molecule has 0 aromatic heterocycles. The van der Waals surface area contributed by atoms with E-state index in [0.717, 1.165) is 36.6 Å². The molecule has 0 bridgehead atoms. The minimum atomic E-state index is 0.0631. The van der Waals surface area contributed by atoms with Crippen molar-refractivity contribution in [2.24, 2.45) is 10.9 Å². The summed E-state index contributed by atoms with van der Waals surface area (Å²) in [5.41, 5.74) is 1.98. The predicted octanol–water partition coefficient (Wildman–Crippen LogP) is 3.14. The van der Waals surface area contributed by atoms with Crippen molar-refractivity contribution in [1.29, 1.82) is 0 Å². The zero-order valence-electron chi connectivity index (χ0n) is 14.8. The van der Waals surface area contributed by atoms with Crippen molar-refractivity contribution in [3.05, 3.63) is 29.8 Å². The van der Waals surface area contributed by atoms with E-state index in [1.54, 1.807) is 7.05 Å². The fraction of sp³-hybridized carbons (Fsp3) is 0.556. The first kappa shape index (κ1) is 19.0. The van der Waals surface area contributed by atoms with Crippen LogP contribution in [0.4, 0.5) is 5.69 Å². The molecule has 0 saturated carbocycles. The lowest BCUT2D eigenvalue weighted by atomic mass is 10.1. The lowest BCUT2D eigenvalue weighted by Gasteiger charge is -2.13. The first-order valence-corrected chi connectivity index (χ1v) is 8.38. The van der Waals surface area contributed by atoms with E-state index in [1.807, 2.05) is 31.2 Å². The van der Waals surface area contributed by atoms with Crippen LogP contribution < -0.4 is 16.0 Å². The van der Waals surface area contributed by atoms with Gasteiger partial charge in [-0.1, -0.05) is 32.9 Å². The van der Waals surface area contributed by atoms with E-state index in [4.69, 9.17) is 0 Å². The Morgan fingerprint density at radius 1 is 1.17 bits per heavy atom. The summed E-state index contributed by atoms with van der Waals surface area (Å²) in [6, 6.07) is 7.88. The molecule has 1 amide bonds. The van der Waals surface area contributed by atoms with Crippen molar-refractivity contribution in [3.63, 3.8) is 0 Å². The summed E-state index contributed by atoms with van der Waals surface area (Å²) in [4.78, 5) is 15.8. The van der Waals surface area contributed by atoms with Crippen LogP contribution in [0.1, 0.15) is 45.6 Å². The minimum absolute atomic E-state index is 0.0631. The van der Waals surface area contributed by atoms with Crippen molar-refractivity contribution in [2.75, 3.05) is 18.9 Å². The topological polar surface area (TPSA) is 65.5 Å². The van der Waals surface area contributed by atoms with Gasteiger partial charge in [-0.05, 0) is 36.5 Å². The average Bonchev–Trinajstić information content (AvgIpc) is 2.52. The molecule has 1 aromatic carbocycles. The second-order valence-electron chi connectivity index (χ2n) is 6.03. The van der Waals surface area contributed by atoms with Gasteiger partial charge in [-0.3, -0.25) is 9.79 Å². The molecule has 0 aliphatic rings. The first-order chi connectivity index (χ1) is 11.0. The number of aliphatic imine (C=N–C) groups is 1. The maximum absolute atomic E-state index is 11.6. The van der Waals surface area contributed by atoms with Crippen molar-refractivity contribution in [3.8, 4) is 0 Å². The summed E-state index contributed by atoms with van der Waals surface area (Å²) in [7, 11) is 1.77. The summed E-state index contributed by atoms with van der Waals surface area (Å²) >= 11 is 0. The van der Waals surface area contributed by atoms with Crippen molar-refractivity contribution in [2.45, 2.75) is 46.6 Å². The van der Waals surface area contributed by atoms with Gasteiger partial charge in [0.15, 0.2) is 5.96 Å². The Balaban J connectivity index is 2.40. The number of rotatable bonds is 8. The van der Waals surface area contributed by atoms with Crippen molar-refractivity contribution >= 4 is 17.6 Å².